The van der Waals surface area contributed by atoms with E-state index in [1.165, 1.54) is 0 Å². The van der Waals surface area contributed by atoms with Gasteiger partial charge < -0.3 is 15.0 Å². The van der Waals surface area contributed by atoms with Crippen LogP contribution in [0.1, 0.15) is 55.5 Å². The monoisotopic (exact) mass is 460 g/mol. The van der Waals surface area contributed by atoms with Crippen LogP contribution in [0.15, 0.2) is 48.7 Å². The number of amides is 2. The third-order valence-electron chi connectivity index (χ3n) is 6.98. The number of hydrogen-bond acceptors (Lipinski definition) is 5. The molecule has 1 aromatic heterocycles. The van der Waals surface area contributed by atoms with Crippen LogP contribution in [-0.4, -0.2) is 45.7 Å². The highest BCUT2D eigenvalue weighted by molar-refractivity contribution is 6.02. The van der Waals surface area contributed by atoms with E-state index >= 15 is 0 Å². The number of nitrogens with zero attached hydrogens (tertiary/aromatic N) is 2. The van der Waals surface area contributed by atoms with Crippen molar-refractivity contribution in [3.05, 3.63) is 59.8 Å². The van der Waals surface area contributed by atoms with Gasteiger partial charge in [0.25, 0.3) is 11.8 Å². The minimum atomic E-state index is -1.13. The molecule has 1 fully saturated rings. The molecule has 0 saturated heterocycles. The van der Waals surface area contributed by atoms with Crippen LogP contribution in [0.3, 0.4) is 0 Å². The highest BCUT2D eigenvalue weighted by Crippen LogP contribution is 2.34. The van der Waals surface area contributed by atoms with Crippen molar-refractivity contribution >= 4 is 34.4 Å². The zero-order valence-corrected chi connectivity index (χ0v) is 19.3. The number of carbonyl (C=O) groups excluding carboxylic acids is 3. The zero-order valence-electron chi connectivity index (χ0n) is 19.3. The van der Waals surface area contributed by atoms with Gasteiger partial charge in [-0.3, -0.25) is 14.7 Å². The van der Waals surface area contributed by atoms with Crippen molar-refractivity contribution in [1.29, 1.82) is 0 Å². The molecule has 2 N–H and O–H groups in total. The lowest BCUT2D eigenvalue weighted by atomic mass is 9.96. The average molecular weight is 461 g/mol. The number of carbonyl (C=O) groups is 3. The fourth-order valence-electron chi connectivity index (χ4n) is 5.15. The van der Waals surface area contributed by atoms with Crippen LogP contribution in [0, 0.1) is 0 Å². The highest BCUT2D eigenvalue weighted by Gasteiger charge is 2.46. The second-order valence-electron chi connectivity index (χ2n) is 9.35. The van der Waals surface area contributed by atoms with Gasteiger partial charge in [-0.05, 0) is 62.9 Å². The molecule has 2 aliphatic rings. The first-order valence-corrected chi connectivity index (χ1v) is 11.8. The number of esters is 1. The maximum absolute atomic E-state index is 13.3. The zero-order chi connectivity index (χ0) is 23.9. The summed E-state index contributed by atoms with van der Waals surface area (Å²) < 4.78 is 5.71. The molecular weight excluding hydrogens is 432 g/mol. The number of fused-ring (bicyclic) bond motifs is 2. The number of aromatic amines is 1. The summed E-state index contributed by atoms with van der Waals surface area (Å²) in [7, 11) is 0. The molecule has 5 rings (SSSR count). The molecule has 2 unspecified atom stereocenters. The lowest BCUT2D eigenvalue weighted by Crippen LogP contribution is -2.55. The third-order valence-corrected chi connectivity index (χ3v) is 6.98. The predicted octanol–water partition coefficient (Wildman–Crippen LogP) is 3.52. The van der Waals surface area contributed by atoms with Crippen LogP contribution in [0.25, 0.3) is 10.9 Å². The van der Waals surface area contributed by atoms with Gasteiger partial charge in [-0.1, -0.05) is 31.0 Å². The predicted molar refractivity (Wildman–Crippen MR) is 127 cm³/mol. The van der Waals surface area contributed by atoms with E-state index in [2.05, 4.69) is 15.5 Å². The minimum Gasteiger partial charge on any atom is -0.451 e. The van der Waals surface area contributed by atoms with E-state index in [1.807, 2.05) is 31.2 Å². The summed E-state index contributed by atoms with van der Waals surface area (Å²) in [5.41, 5.74) is 2.11. The van der Waals surface area contributed by atoms with Gasteiger partial charge in [-0.15, -0.1) is 0 Å². The van der Waals surface area contributed by atoms with Gasteiger partial charge in [0.1, 0.15) is 5.54 Å². The number of hydrogen-bond donors (Lipinski definition) is 2. The topological polar surface area (TPSA) is 104 Å². The van der Waals surface area contributed by atoms with Gasteiger partial charge in [-0.25, -0.2) is 4.79 Å². The molecule has 1 aliphatic heterocycles. The molecule has 34 heavy (non-hydrogen) atoms. The molecular formula is C26H28N4O4. The van der Waals surface area contributed by atoms with E-state index in [1.54, 1.807) is 36.2 Å². The van der Waals surface area contributed by atoms with Crippen molar-refractivity contribution in [2.45, 2.75) is 63.6 Å². The molecule has 0 spiro atoms. The Morgan fingerprint density at radius 3 is 2.74 bits per heavy atom. The SMILES string of the molecule is CC(OC(=O)C1(NC(=O)c2ccc3[nH]ncc3c2)CCCC1)C(=O)N1c2ccccc2CC1C. The lowest BCUT2D eigenvalue weighted by Gasteiger charge is -2.31. The van der Waals surface area contributed by atoms with Crippen molar-refractivity contribution in [1.82, 2.24) is 15.5 Å². The normalized spacial score (nSPS) is 19.6. The smallest absolute Gasteiger partial charge is 0.332 e. The van der Waals surface area contributed by atoms with Gasteiger partial charge in [0, 0.05) is 22.7 Å². The summed E-state index contributed by atoms with van der Waals surface area (Å²) in [4.78, 5) is 41.4. The number of nitrogens with one attached hydrogen (secondary N) is 2. The molecule has 8 nitrogen and oxygen atoms in total. The first kappa shape index (κ1) is 22.1. The van der Waals surface area contributed by atoms with Crippen molar-refractivity contribution < 1.29 is 19.1 Å². The summed E-state index contributed by atoms with van der Waals surface area (Å²) in [5, 5.41) is 10.6. The molecule has 1 aliphatic carbocycles. The number of para-hydroxylation sites is 1. The summed E-state index contributed by atoms with van der Waals surface area (Å²) in [6.07, 6.45) is 4.02. The third kappa shape index (κ3) is 3.83. The van der Waals surface area contributed by atoms with Crippen LogP contribution in [-0.2, 0) is 20.7 Å². The van der Waals surface area contributed by atoms with E-state index in [-0.39, 0.29) is 17.9 Å². The number of rotatable bonds is 5. The number of ether oxygens (including phenoxy) is 1. The van der Waals surface area contributed by atoms with Crippen molar-refractivity contribution in [2.75, 3.05) is 4.90 Å². The van der Waals surface area contributed by atoms with Gasteiger partial charge in [0.05, 0.1) is 11.7 Å². The molecule has 8 heteroatoms. The lowest BCUT2D eigenvalue weighted by molar-refractivity contribution is -0.160. The van der Waals surface area contributed by atoms with Crippen LogP contribution < -0.4 is 10.2 Å². The van der Waals surface area contributed by atoms with Crippen molar-refractivity contribution in [3.8, 4) is 0 Å². The summed E-state index contributed by atoms with van der Waals surface area (Å²) in [5.74, 6) is -1.15. The van der Waals surface area contributed by atoms with Gasteiger partial charge in [-0.2, -0.15) is 5.10 Å². The Morgan fingerprint density at radius 1 is 1.18 bits per heavy atom. The molecule has 1 saturated carbocycles. The highest BCUT2D eigenvalue weighted by atomic mass is 16.6. The Labute approximate surface area is 197 Å². The molecule has 2 atom stereocenters. The Hall–Kier alpha value is -3.68. The minimum absolute atomic E-state index is 0.0102. The van der Waals surface area contributed by atoms with E-state index in [0.717, 1.165) is 41.4 Å². The van der Waals surface area contributed by atoms with Crippen molar-refractivity contribution in [3.63, 3.8) is 0 Å². The van der Waals surface area contributed by atoms with Crippen LogP contribution >= 0.6 is 0 Å². The van der Waals surface area contributed by atoms with Crippen LogP contribution in [0.5, 0.6) is 0 Å². The molecule has 0 radical (unpaired) electrons. The quantitative estimate of drug-likeness (QED) is 0.567. The Balaban J connectivity index is 1.31. The van der Waals surface area contributed by atoms with E-state index < -0.39 is 17.6 Å². The van der Waals surface area contributed by atoms with Gasteiger partial charge in [0.15, 0.2) is 6.10 Å². The molecule has 3 aromatic rings. The van der Waals surface area contributed by atoms with Gasteiger partial charge >= 0.3 is 5.97 Å². The summed E-state index contributed by atoms with van der Waals surface area (Å²) in [6, 6.07) is 13.0. The Kier molecular flexibility index (Phi) is 5.59. The largest absolute Gasteiger partial charge is 0.451 e. The molecule has 176 valence electrons. The molecule has 2 aromatic carbocycles. The molecule has 0 bridgehead atoms. The van der Waals surface area contributed by atoms with E-state index in [9.17, 15) is 14.4 Å². The number of aromatic nitrogens is 2. The van der Waals surface area contributed by atoms with Crippen LogP contribution in [0.4, 0.5) is 5.69 Å². The number of anilines is 1. The fourth-order valence-corrected chi connectivity index (χ4v) is 5.15. The van der Waals surface area contributed by atoms with Crippen LogP contribution in [0.2, 0.25) is 0 Å². The number of benzene rings is 2. The number of H-pyrrole nitrogens is 1. The molecule has 2 amide bonds. The Morgan fingerprint density at radius 2 is 1.94 bits per heavy atom. The first-order chi connectivity index (χ1) is 16.4. The van der Waals surface area contributed by atoms with E-state index in [0.29, 0.717) is 18.4 Å². The standard InChI is InChI=1S/C26H28N4O4/c1-16-13-18-7-3-4-8-22(18)30(16)24(32)17(2)34-25(33)26(11-5-6-12-26)28-23(31)19-9-10-21-20(14-19)15-27-29-21/h3-4,7-10,14-17H,5-6,11-13H2,1-2H3,(H,27,29)(H,28,31). The maximum atomic E-state index is 13.3. The summed E-state index contributed by atoms with van der Waals surface area (Å²) >= 11 is 0. The average Bonchev–Trinajstić information content (AvgIpc) is 3.56. The second kappa shape index (κ2) is 8.59. The van der Waals surface area contributed by atoms with E-state index in [4.69, 9.17) is 4.74 Å². The Bertz CT molecular complexity index is 1260. The maximum Gasteiger partial charge on any atom is 0.332 e. The first-order valence-electron chi connectivity index (χ1n) is 11.8. The van der Waals surface area contributed by atoms with Gasteiger partial charge in [0.2, 0.25) is 0 Å². The summed E-state index contributed by atoms with van der Waals surface area (Å²) in [6.45, 7) is 3.59. The second-order valence-corrected chi connectivity index (χ2v) is 9.35. The fraction of sp³-hybridized carbons (Fsp3) is 0.385. The van der Waals surface area contributed by atoms with Crippen molar-refractivity contribution in [2.24, 2.45) is 0 Å². The molecule has 2 heterocycles.